The molecule has 0 fully saturated rings. The smallest absolute Gasteiger partial charge is 0.135 e. The first-order chi connectivity index (χ1) is 11.7. The molecule has 0 spiro atoms. The van der Waals surface area contributed by atoms with Gasteiger partial charge < -0.3 is 10.2 Å². The summed E-state index contributed by atoms with van der Waals surface area (Å²) >= 11 is 1.75. The first-order valence-electron chi connectivity index (χ1n) is 8.96. The Balaban J connectivity index is 1.73. The van der Waals surface area contributed by atoms with Crippen molar-refractivity contribution in [3.63, 3.8) is 0 Å². The maximum Gasteiger partial charge on any atom is 0.135 e. The van der Waals surface area contributed by atoms with Crippen LogP contribution in [0.3, 0.4) is 0 Å². The van der Waals surface area contributed by atoms with Gasteiger partial charge in [-0.15, -0.1) is 0 Å². The van der Waals surface area contributed by atoms with Gasteiger partial charge in [-0.1, -0.05) is 32.0 Å². The summed E-state index contributed by atoms with van der Waals surface area (Å²) < 4.78 is 0. The van der Waals surface area contributed by atoms with E-state index in [0.29, 0.717) is 6.04 Å². The van der Waals surface area contributed by atoms with Crippen LogP contribution in [0.5, 0.6) is 0 Å². The highest BCUT2D eigenvalue weighted by molar-refractivity contribution is 7.09. The van der Waals surface area contributed by atoms with E-state index in [9.17, 15) is 0 Å². The van der Waals surface area contributed by atoms with Crippen LogP contribution in [0.15, 0.2) is 35.0 Å². The van der Waals surface area contributed by atoms with Crippen LogP contribution in [0.1, 0.15) is 33.6 Å². The Bertz CT molecular complexity index is 792. The summed E-state index contributed by atoms with van der Waals surface area (Å²) in [6.45, 7) is 10.2. The number of anilines is 1. The predicted octanol–water partition coefficient (Wildman–Crippen LogP) is 5.37. The third-order valence-electron chi connectivity index (χ3n) is 4.73. The van der Waals surface area contributed by atoms with Gasteiger partial charge in [0.1, 0.15) is 5.82 Å². The fourth-order valence-electron chi connectivity index (χ4n) is 3.25. The van der Waals surface area contributed by atoms with Gasteiger partial charge in [-0.3, -0.25) is 0 Å². The summed E-state index contributed by atoms with van der Waals surface area (Å²) in [6.07, 6.45) is 2.38. The molecule has 2 heterocycles. The fourth-order valence-corrected chi connectivity index (χ4v) is 4.08. The largest absolute Gasteiger partial charge is 0.367 e. The Morgan fingerprint density at radius 2 is 1.83 bits per heavy atom. The van der Waals surface area contributed by atoms with E-state index in [-0.39, 0.29) is 0 Å². The van der Waals surface area contributed by atoms with E-state index in [1.807, 2.05) is 0 Å². The molecule has 2 aromatic heterocycles. The lowest BCUT2D eigenvalue weighted by molar-refractivity contribution is 0.295. The zero-order valence-corrected chi connectivity index (χ0v) is 15.7. The van der Waals surface area contributed by atoms with Crippen molar-refractivity contribution in [3.05, 3.63) is 35.0 Å². The molecule has 3 aromatic rings. The molecule has 0 aliphatic heterocycles. The molecule has 0 saturated heterocycles. The van der Waals surface area contributed by atoms with Crippen LogP contribution >= 0.6 is 11.3 Å². The van der Waals surface area contributed by atoms with Crippen molar-refractivity contribution in [2.24, 2.45) is 0 Å². The third-order valence-corrected chi connectivity index (χ3v) is 5.48. The summed E-state index contributed by atoms with van der Waals surface area (Å²) in [5.74, 6) is 1.03. The van der Waals surface area contributed by atoms with Crippen molar-refractivity contribution in [1.82, 2.24) is 9.88 Å². The van der Waals surface area contributed by atoms with E-state index in [0.717, 1.165) is 30.8 Å². The predicted molar refractivity (Wildman–Crippen MR) is 107 cm³/mol. The van der Waals surface area contributed by atoms with Gasteiger partial charge in [-0.2, -0.15) is 11.3 Å². The first-order valence-corrected chi connectivity index (χ1v) is 9.90. The minimum absolute atomic E-state index is 0.428. The van der Waals surface area contributed by atoms with E-state index < -0.39 is 0 Å². The molecule has 1 aromatic carbocycles. The Hall–Kier alpha value is -1.65. The minimum atomic E-state index is 0.428. The lowest BCUT2D eigenvalue weighted by Crippen LogP contribution is -2.25. The van der Waals surface area contributed by atoms with Crippen LogP contribution in [0.25, 0.3) is 21.7 Å². The Kier molecular flexibility index (Phi) is 5.69. The van der Waals surface area contributed by atoms with Crippen LogP contribution in [0.2, 0.25) is 0 Å². The van der Waals surface area contributed by atoms with E-state index in [2.05, 4.69) is 66.0 Å². The van der Waals surface area contributed by atoms with Gasteiger partial charge in [0.25, 0.3) is 0 Å². The second-order valence-corrected chi connectivity index (χ2v) is 7.13. The third kappa shape index (κ3) is 3.70. The Labute approximate surface area is 148 Å². The van der Waals surface area contributed by atoms with Crippen LogP contribution in [0, 0.1) is 0 Å². The maximum atomic E-state index is 4.88. The van der Waals surface area contributed by atoms with Crippen molar-refractivity contribution in [2.75, 3.05) is 25.0 Å². The van der Waals surface area contributed by atoms with Crippen LogP contribution in [0.4, 0.5) is 5.82 Å². The number of nitrogens with one attached hydrogen (secondary N) is 1. The standard InChI is InChI=1S/C20H27N3S/c1-4-23(5-2)12-8-9-15(3)21-20-18-14-24-13-17(18)16-10-6-7-11-19(16)22-20/h6-7,10-11,13-15H,4-5,8-9,12H2,1-3H3,(H,21,22). The van der Waals surface area contributed by atoms with Crippen LogP contribution in [-0.2, 0) is 0 Å². The Morgan fingerprint density at radius 1 is 1.08 bits per heavy atom. The normalized spacial score (nSPS) is 13.0. The number of fused-ring (bicyclic) bond motifs is 3. The lowest BCUT2D eigenvalue weighted by Gasteiger charge is -2.20. The number of nitrogens with zero attached hydrogens (tertiary/aromatic N) is 2. The van der Waals surface area contributed by atoms with E-state index in [4.69, 9.17) is 4.98 Å². The molecule has 0 saturated carbocycles. The molecule has 4 heteroatoms. The zero-order chi connectivity index (χ0) is 16.9. The monoisotopic (exact) mass is 341 g/mol. The molecular formula is C20H27N3S. The molecule has 0 radical (unpaired) electrons. The average molecular weight is 342 g/mol. The number of hydrogen-bond donors (Lipinski definition) is 1. The number of rotatable bonds is 8. The first kappa shape index (κ1) is 17.2. The van der Waals surface area contributed by atoms with Crippen LogP contribution < -0.4 is 5.32 Å². The summed E-state index contributed by atoms with van der Waals surface area (Å²) in [6, 6.07) is 8.84. The fraction of sp³-hybridized carbons (Fsp3) is 0.450. The van der Waals surface area contributed by atoms with Gasteiger partial charge in [0.15, 0.2) is 0 Å². The molecule has 1 atom stereocenters. The van der Waals surface area contributed by atoms with Crippen molar-refractivity contribution < 1.29 is 0 Å². The SMILES string of the molecule is CCN(CC)CCCC(C)Nc1nc2ccccc2c2cscc12. The van der Waals surface area contributed by atoms with Crippen molar-refractivity contribution in [2.45, 2.75) is 39.7 Å². The number of hydrogen-bond acceptors (Lipinski definition) is 4. The van der Waals surface area contributed by atoms with Gasteiger partial charge in [0, 0.05) is 27.6 Å². The molecule has 0 amide bonds. The zero-order valence-electron chi connectivity index (χ0n) is 14.9. The highest BCUT2D eigenvalue weighted by Gasteiger charge is 2.11. The summed E-state index contributed by atoms with van der Waals surface area (Å²) in [4.78, 5) is 7.36. The number of thiophene rings is 1. The molecule has 0 bridgehead atoms. The summed E-state index contributed by atoms with van der Waals surface area (Å²) in [5, 5.41) is 11.9. The number of aromatic nitrogens is 1. The molecule has 24 heavy (non-hydrogen) atoms. The van der Waals surface area contributed by atoms with Gasteiger partial charge >= 0.3 is 0 Å². The van der Waals surface area contributed by atoms with Crippen LogP contribution in [-0.4, -0.2) is 35.6 Å². The number of para-hydroxylation sites is 1. The molecule has 1 unspecified atom stereocenters. The van der Waals surface area contributed by atoms with E-state index >= 15 is 0 Å². The van der Waals surface area contributed by atoms with Gasteiger partial charge in [-0.05, 0) is 50.8 Å². The second kappa shape index (κ2) is 7.95. The maximum absolute atomic E-state index is 4.88. The number of pyridine rings is 1. The van der Waals surface area contributed by atoms with Gasteiger partial charge in [-0.25, -0.2) is 4.98 Å². The average Bonchev–Trinajstić information content (AvgIpc) is 3.09. The molecule has 1 N–H and O–H groups in total. The summed E-state index contributed by atoms with van der Waals surface area (Å²) in [7, 11) is 0. The van der Waals surface area contributed by atoms with Crippen molar-refractivity contribution in [3.8, 4) is 0 Å². The molecule has 128 valence electrons. The van der Waals surface area contributed by atoms with Gasteiger partial charge in [0.2, 0.25) is 0 Å². The molecular weight excluding hydrogens is 314 g/mol. The topological polar surface area (TPSA) is 28.2 Å². The quantitative estimate of drug-likeness (QED) is 0.597. The molecule has 0 aliphatic carbocycles. The van der Waals surface area contributed by atoms with Gasteiger partial charge in [0.05, 0.1) is 5.52 Å². The molecule has 3 rings (SSSR count). The Morgan fingerprint density at radius 3 is 2.62 bits per heavy atom. The van der Waals surface area contributed by atoms with E-state index in [1.165, 1.54) is 29.1 Å². The number of benzene rings is 1. The highest BCUT2D eigenvalue weighted by Crippen LogP contribution is 2.32. The molecule has 0 aliphatic rings. The highest BCUT2D eigenvalue weighted by atomic mass is 32.1. The summed E-state index contributed by atoms with van der Waals surface area (Å²) in [5.41, 5.74) is 1.07. The van der Waals surface area contributed by atoms with Crippen molar-refractivity contribution >= 4 is 38.8 Å². The minimum Gasteiger partial charge on any atom is -0.367 e. The second-order valence-electron chi connectivity index (χ2n) is 6.39. The lowest BCUT2D eigenvalue weighted by atomic mass is 10.1. The molecule has 3 nitrogen and oxygen atoms in total. The van der Waals surface area contributed by atoms with Crippen molar-refractivity contribution in [1.29, 1.82) is 0 Å². The van der Waals surface area contributed by atoms with E-state index in [1.54, 1.807) is 11.3 Å².